The van der Waals surface area contributed by atoms with Crippen LogP contribution in [-0.4, -0.2) is 24.0 Å². The lowest BCUT2D eigenvalue weighted by Crippen LogP contribution is -2.38. The number of thiophene rings is 1. The van der Waals surface area contributed by atoms with Gasteiger partial charge in [0.25, 0.3) is 0 Å². The highest BCUT2D eigenvalue weighted by molar-refractivity contribution is 7.10. The molecule has 23 heavy (non-hydrogen) atoms. The van der Waals surface area contributed by atoms with Crippen molar-refractivity contribution < 1.29 is 9.53 Å². The van der Waals surface area contributed by atoms with Crippen LogP contribution in [0, 0.1) is 5.41 Å². The van der Waals surface area contributed by atoms with Crippen LogP contribution < -0.4 is 10.1 Å². The summed E-state index contributed by atoms with van der Waals surface area (Å²) in [7, 11) is 0. The van der Waals surface area contributed by atoms with E-state index in [4.69, 9.17) is 4.74 Å². The molecule has 122 valence electrons. The van der Waals surface area contributed by atoms with Gasteiger partial charge in [0.1, 0.15) is 5.75 Å². The molecule has 1 aliphatic rings. The first-order chi connectivity index (χ1) is 11.1. The molecule has 1 N–H and O–H groups in total. The van der Waals surface area contributed by atoms with Crippen LogP contribution in [0.15, 0.2) is 42.0 Å². The first-order valence-corrected chi connectivity index (χ1v) is 8.79. The van der Waals surface area contributed by atoms with Crippen molar-refractivity contribution in [3.05, 3.63) is 46.9 Å². The number of ether oxygens (including phenoxy) is 1. The topological polar surface area (TPSA) is 51.2 Å². The SMILES string of the molecule is CC1(C)C[C@]1(C(=O)NCCCOc1cccnc1)c1cccs1. The Bertz CT molecular complexity index is 655. The molecule has 0 radical (unpaired) electrons. The number of rotatable bonds is 7. The summed E-state index contributed by atoms with van der Waals surface area (Å²) >= 11 is 1.67. The molecular formula is C18H22N2O2S. The van der Waals surface area contributed by atoms with Crippen molar-refractivity contribution in [2.24, 2.45) is 5.41 Å². The van der Waals surface area contributed by atoms with Gasteiger partial charge in [-0.1, -0.05) is 19.9 Å². The number of hydrogen-bond donors (Lipinski definition) is 1. The zero-order chi connectivity index (χ0) is 16.3. The quantitative estimate of drug-likeness (QED) is 0.792. The summed E-state index contributed by atoms with van der Waals surface area (Å²) in [6.07, 6.45) is 5.10. The third-order valence-electron chi connectivity index (χ3n) is 4.58. The maximum atomic E-state index is 12.7. The van der Waals surface area contributed by atoms with Crippen LogP contribution in [0.25, 0.3) is 0 Å². The Morgan fingerprint density at radius 2 is 2.22 bits per heavy atom. The maximum absolute atomic E-state index is 12.7. The highest BCUT2D eigenvalue weighted by Crippen LogP contribution is 2.65. The van der Waals surface area contributed by atoms with Gasteiger partial charge in [-0.05, 0) is 41.8 Å². The molecule has 1 aliphatic carbocycles. The van der Waals surface area contributed by atoms with Crippen LogP contribution in [0.3, 0.4) is 0 Å². The number of pyridine rings is 1. The van der Waals surface area contributed by atoms with E-state index >= 15 is 0 Å². The Labute approximate surface area is 140 Å². The lowest BCUT2D eigenvalue weighted by Gasteiger charge is -2.19. The zero-order valence-electron chi connectivity index (χ0n) is 13.5. The van der Waals surface area contributed by atoms with E-state index in [1.807, 2.05) is 23.6 Å². The summed E-state index contributed by atoms with van der Waals surface area (Å²) in [5.41, 5.74) is -0.306. The van der Waals surface area contributed by atoms with Gasteiger partial charge in [-0.2, -0.15) is 0 Å². The minimum atomic E-state index is -0.342. The molecule has 0 unspecified atom stereocenters. The molecule has 3 rings (SSSR count). The Morgan fingerprint density at radius 3 is 2.83 bits per heavy atom. The molecular weight excluding hydrogens is 308 g/mol. The summed E-state index contributed by atoms with van der Waals surface area (Å²) in [6.45, 7) is 5.53. The summed E-state index contributed by atoms with van der Waals surface area (Å²) < 4.78 is 5.59. The van der Waals surface area contributed by atoms with Crippen LogP contribution in [0.5, 0.6) is 5.75 Å². The van der Waals surface area contributed by atoms with Gasteiger partial charge in [0.2, 0.25) is 5.91 Å². The number of nitrogens with one attached hydrogen (secondary N) is 1. The van der Waals surface area contributed by atoms with Gasteiger partial charge < -0.3 is 10.1 Å². The molecule has 0 saturated heterocycles. The standard InChI is InChI=1S/C18H22N2O2S/c1-17(2)13-18(17,15-7-4-11-23-15)16(21)20-9-5-10-22-14-6-3-8-19-12-14/h3-4,6-8,11-12H,5,9-10,13H2,1-2H3,(H,20,21)/t18-/m1/s1. The minimum absolute atomic E-state index is 0.0359. The normalized spacial score (nSPS) is 21.7. The first-order valence-electron chi connectivity index (χ1n) is 7.91. The van der Waals surface area contributed by atoms with E-state index in [1.54, 1.807) is 23.7 Å². The highest BCUT2D eigenvalue weighted by atomic mass is 32.1. The zero-order valence-corrected chi connectivity index (χ0v) is 14.4. The maximum Gasteiger partial charge on any atom is 0.232 e. The highest BCUT2D eigenvalue weighted by Gasteiger charge is 2.67. The van der Waals surface area contributed by atoms with E-state index in [0.29, 0.717) is 13.2 Å². The largest absolute Gasteiger partial charge is 0.492 e. The van der Waals surface area contributed by atoms with Gasteiger partial charge in [-0.3, -0.25) is 9.78 Å². The first kappa shape index (κ1) is 16.0. The Kier molecular flexibility index (Phi) is 4.39. The van der Waals surface area contributed by atoms with Gasteiger partial charge in [-0.25, -0.2) is 0 Å². The molecule has 1 atom stereocenters. The van der Waals surface area contributed by atoms with Crippen molar-refractivity contribution >= 4 is 17.2 Å². The van der Waals surface area contributed by atoms with Gasteiger partial charge in [0.15, 0.2) is 0 Å². The van der Waals surface area contributed by atoms with Crippen LogP contribution in [-0.2, 0) is 10.2 Å². The molecule has 1 saturated carbocycles. The second-order valence-electron chi connectivity index (χ2n) is 6.59. The number of carbonyl (C=O) groups excluding carboxylic acids is 1. The van der Waals surface area contributed by atoms with E-state index in [0.717, 1.165) is 18.6 Å². The summed E-state index contributed by atoms with van der Waals surface area (Å²) in [4.78, 5) is 17.9. The lowest BCUT2D eigenvalue weighted by atomic mass is 9.93. The number of aromatic nitrogens is 1. The van der Waals surface area contributed by atoms with Crippen molar-refractivity contribution in [1.29, 1.82) is 0 Å². The molecule has 1 amide bonds. The number of hydrogen-bond acceptors (Lipinski definition) is 4. The second kappa shape index (κ2) is 6.32. The average molecular weight is 330 g/mol. The van der Waals surface area contributed by atoms with Crippen molar-refractivity contribution in [2.75, 3.05) is 13.2 Å². The molecule has 2 aromatic rings. The third kappa shape index (κ3) is 3.11. The van der Waals surface area contributed by atoms with E-state index in [2.05, 4.69) is 30.2 Å². The van der Waals surface area contributed by atoms with E-state index in [-0.39, 0.29) is 16.7 Å². The summed E-state index contributed by atoms with van der Waals surface area (Å²) in [6, 6.07) is 7.82. The molecule has 2 heterocycles. The van der Waals surface area contributed by atoms with Gasteiger partial charge in [-0.15, -0.1) is 11.3 Å². The fourth-order valence-corrected chi connectivity index (χ4v) is 4.21. The molecule has 4 nitrogen and oxygen atoms in total. The van der Waals surface area contributed by atoms with Crippen LogP contribution >= 0.6 is 11.3 Å². The fourth-order valence-electron chi connectivity index (χ4n) is 3.11. The van der Waals surface area contributed by atoms with Crippen molar-refractivity contribution in [3.63, 3.8) is 0 Å². The average Bonchev–Trinajstić information content (AvgIpc) is 2.92. The van der Waals surface area contributed by atoms with Crippen LogP contribution in [0.1, 0.15) is 31.6 Å². The smallest absolute Gasteiger partial charge is 0.232 e. The molecule has 0 aromatic carbocycles. The third-order valence-corrected chi connectivity index (χ3v) is 5.61. The van der Waals surface area contributed by atoms with Crippen molar-refractivity contribution in [1.82, 2.24) is 10.3 Å². The van der Waals surface area contributed by atoms with Crippen LogP contribution in [0.2, 0.25) is 0 Å². The molecule has 5 heteroatoms. The summed E-state index contributed by atoms with van der Waals surface area (Å²) in [5, 5.41) is 5.13. The van der Waals surface area contributed by atoms with E-state index in [1.165, 1.54) is 4.88 Å². The fraction of sp³-hybridized carbons (Fsp3) is 0.444. The van der Waals surface area contributed by atoms with Gasteiger partial charge in [0.05, 0.1) is 18.2 Å². The van der Waals surface area contributed by atoms with Gasteiger partial charge >= 0.3 is 0 Å². The Hall–Kier alpha value is -1.88. The number of amides is 1. The van der Waals surface area contributed by atoms with Gasteiger partial charge in [0, 0.05) is 17.6 Å². The second-order valence-corrected chi connectivity index (χ2v) is 7.54. The lowest BCUT2D eigenvalue weighted by molar-refractivity contribution is -0.124. The Balaban J connectivity index is 1.48. The van der Waals surface area contributed by atoms with Crippen LogP contribution in [0.4, 0.5) is 0 Å². The Morgan fingerprint density at radius 1 is 1.39 bits per heavy atom. The molecule has 0 spiro atoms. The molecule has 0 aliphatic heterocycles. The number of carbonyl (C=O) groups is 1. The summed E-state index contributed by atoms with van der Waals surface area (Å²) in [5.74, 6) is 0.906. The molecule has 0 bridgehead atoms. The predicted molar refractivity (Wildman–Crippen MR) is 91.8 cm³/mol. The van der Waals surface area contributed by atoms with Crippen molar-refractivity contribution in [2.45, 2.75) is 32.1 Å². The van der Waals surface area contributed by atoms with Crippen molar-refractivity contribution in [3.8, 4) is 5.75 Å². The van der Waals surface area contributed by atoms with E-state index < -0.39 is 0 Å². The monoisotopic (exact) mass is 330 g/mol. The molecule has 1 fully saturated rings. The molecule has 2 aromatic heterocycles. The predicted octanol–water partition coefficient (Wildman–Crippen LogP) is 3.40. The minimum Gasteiger partial charge on any atom is -0.492 e. The number of nitrogens with zero attached hydrogens (tertiary/aromatic N) is 1. The van der Waals surface area contributed by atoms with E-state index in [9.17, 15) is 4.79 Å².